The number of hydrogen-bond acceptors (Lipinski definition) is 6. The lowest BCUT2D eigenvalue weighted by Crippen LogP contribution is -2.33. The second kappa shape index (κ2) is 10.4. The Morgan fingerprint density at radius 2 is 1.97 bits per heavy atom. The predicted octanol–water partition coefficient (Wildman–Crippen LogP) is 3.25. The lowest BCUT2D eigenvalue weighted by molar-refractivity contribution is 0.102. The van der Waals surface area contributed by atoms with Crippen LogP contribution in [0.15, 0.2) is 53.7 Å². The molecule has 4 rings (SSSR count). The van der Waals surface area contributed by atoms with Crippen LogP contribution in [0.3, 0.4) is 0 Å². The number of H-pyrrole nitrogens is 1. The number of aromatic amines is 1. The Morgan fingerprint density at radius 3 is 2.67 bits per heavy atom. The number of pyridine rings is 1. The summed E-state index contributed by atoms with van der Waals surface area (Å²) in [5.74, 6) is 0.236. The molecule has 33 heavy (non-hydrogen) atoms. The number of aryl methyl sites for hydroxylation is 1. The number of anilines is 2. The number of piperidine rings is 1. The maximum Gasteiger partial charge on any atom is 0.271 e. The van der Waals surface area contributed by atoms with E-state index in [1.165, 1.54) is 0 Å². The number of aliphatic hydroxyl groups is 1. The van der Waals surface area contributed by atoms with Crippen LogP contribution in [0, 0.1) is 5.92 Å². The normalized spacial score (nSPS) is 14.3. The monoisotopic (exact) mass is 447 g/mol. The Kier molecular flexibility index (Phi) is 7.14. The SMILES string of the molecule is CCc1cncc(-c2c[nH]c(=O)c(NC(=O)c3ccc(N4CCC(CCO)CC4)cc3)c2)n1. The number of rotatable bonds is 7. The number of nitrogens with zero attached hydrogens (tertiary/aromatic N) is 3. The summed E-state index contributed by atoms with van der Waals surface area (Å²) in [6, 6.07) is 9.05. The third kappa shape index (κ3) is 5.46. The van der Waals surface area contributed by atoms with Gasteiger partial charge < -0.3 is 20.3 Å². The second-order valence-corrected chi connectivity index (χ2v) is 8.32. The first-order valence-corrected chi connectivity index (χ1v) is 11.4. The molecule has 0 atom stereocenters. The van der Waals surface area contributed by atoms with E-state index in [4.69, 9.17) is 5.11 Å². The van der Waals surface area contributed by atoms with Gasteiger partial charge in [0.2, 0.25) is 0 Å². The van der Waals surface area contributed by atoms with Crippen molar-refractivity contribution >= 4 is 17.3 Å². The van der Waals surface area contributed by atoms with Crippen molar-refractivity contribution in [3.63, 3.8) is 0 Å². The van der Waals surface area contributed by atoms with Gasteiger partial charge in [-0.1, -0.05) is 6.92 Å². The first-order valence-electron chi connectivity index (χ1n) is 11.4. The Morgan fingerprint density at radius 1 is 1.21 bits per heavy atom. The van der Waals surface area contributed by atoms with Crippen molar-refractivity contribution in [2.24, 2.45) is 5.92 Å². The van der Waals surface area contributed by atoms with Crippen molar-refractivity contribution in [3.05, 3.63) is 70.5 Å². The second-order valence-electron chi connectivity index (χ2n) is 8.32. The van der Waals surface area contributed by atoms with Crippen molar-refractivity contribution in [3.8, 4) is 11.3 Å². The van der Waals surface area contributed by atoms with Gasteiger partial charge in [-0.05, 0) is 61.9 Å². The Bertz CT molecular complexity index is 1150. The van der Waals surface area contributed by atoms with Crippen LogP contribution >= 0.6 is 0 Å². The van der Waals surface area contributed by atoms with Gasteiger partial charge in [-0.25, -0.2) is 4.98 Å². The molecule has 1 amide bonds. The van der Waals surface area contributed by atoms with E-state index >= 15 is 0 Å². The minimum atomic E-state index is -0.380. The van der Waals surface area contributed by atoms with Gasteiger partial charge in [-0.15, -0.1) is 0 Å². The minimum Gasteiger partial charge on any atom is -0.396 e. The largest absolute Gasteiger partial charge is 0.396 e. The number of amides is 1. The van der Waals surface area contributed by atoms with Crippen LogP contribution in [0.4, 0.5) is 11.4 Å². The number of hydrogen-bond donors (Lipinski definition) is 3. The average Bonchev–Trinajstić information content (AvgIpc) is 2.86. The number of benzene rings is 1. The number of carbonyl (C=O) groups excluding carboxylic acids is 1. The van der Waals surface area contributed by atoms with Crippen LogP contribution in [-0.4, -0.2) is 45.7 Å². The van der Waals surface area contributed by atoms with E-state index in [1.54, 1.807) is 36.8 Å². The van der Waals surface area contributed by atoms with Crippen molar-refractivity contribution < 1.29 is 9.90 Å². The van der Waals surface area contributed by atoms with Crippen LogP contribution in [0.2, 0.25) is 0 Å². The molecule has 1 aromatic carbocycles. The molecular formula is C25H29N5O3. The van der Waals surface area contributed by atoms with E-state index in [9.17, 15) is 9.59 Å². The lowest BCUT2D eigenvalue weighted by atomic mass is 9.93. The molecule has 0 unspecified atom stereocenters. The number of aromatic nitrogens is 3. The van der Waals surface area contributed by atoms with E-state index in [-0.39, 0.29) is 23.8 Å². The zero-order valence-electron chi connectivity index (χ0n) is 18.8. The van der Waals surface area contributed by atoms with E-state index in [2.05, 4.69) is 25.2 Å². The summed E-state index contributed by atoms with van der Waals surface area (Å²) in [5.41, 5.74) is 3.49. The summed E-state index contributed by atoms with van der Waals surface area (Å²) in [4.78, 5) is 38.8. The van der Waals surface area contributed by atoms with E-state index in [0.29, 0.717) is 22.7 Å². The van der Waals surface area contributed by atoms with Gasteiger partial charge in [-0.2, -0.15) is 0 Å². The van der Waals surface area contributed by atoms with Gasteiger partial charge in [0.1, 0.15) is 5.69 Å². The molecular weight excluding hydrogens is 418 g/mol. The molecule has 0 saturated carbocycles. The fourth-order valence-electron chi connectivity index (χ4n) is 4.12. The highest BCUT2D eigenvalue weighted by Crippen LogP contribution is 2.25. The summed E-state index contributed by atoms with van der Waals surface area (Å²) < 4.78 is 0. The van der Waals surface area contributed by atoms with Crippen LogP contribution in [0.25, 0.3) is 11.3 Å². The molecule has 1 fully saturated rings. The molecule has 0 spiro atoms. The average molecular weight is 448 g/mol. The van der Waals surface area contributed by atoms with E-state index < -0.39 is 0 Å². The van der Waals surface area contributed by atoms with Gasteiger partial charge in [0.15, 0.2) is 0 Å². The minimum absolute atomic E-state index is 0.163. The molecule has 172 valence electrons. The third-order valence-electron chi connectivity index (χ3n) is 6.14. The van der Waals surface area contributed by atoms with Gasteiger partial charge in [0.25, 0.3) is 11.5 Å². The third-order valence-corrected chi connectivity index (χ3v) is 6.14. The number of nitrogens with one attached hydrogen (secondary N) is 2. The molecule has 1 aliphatic heterocycles. The Balaban J connectivity index is 1.44. The first kappa shape index (κ1) is 22.7. The zero-order valence-corrected chi connectivity index (χ0v) is 18.8. The number of carbonyl (C=O) groups is 1. The molecule has 3 N–H and O–H groups in total. The maximum atomic E-state index is 12.8. The topological polar surface area (TPSA) is 111 Å². The fraction of sp³-hybridized carbons (Fsp3) is 0.360. The van der Waals surface area contributed by atoms with Gasteiger partial charge in [0.05, 0.1) is 17.6 Å². The highest BCUT2D eigenvalue weighted by Gasteiger charge is 2.19. The maximum absolute atomic E-state index is 12.8. The highest BCUT2D eigenvalue weighted by atomic mass is 16.3. The van der Waals surface area contributed by atoms with Crippen LogP contribution in [0.5, 0.6) is 0 Å². The quantitative estimate of drug-likeness (QED) is 0.513. The molecule has 3 heterocycles. The Labute approximate surface area is 192 Å². The summed E-state index contributed by atoms with van der Waals surface area (Å²) >= 11 is 0. The Hall–Kier alpha value is -3.52. The first-order chi connectivity index (χ1) is 16.1. The van der Waals surface area contributed by atoms with Crippen molar-refractivity contribution in [1.82, 2.24) is 15.0 Å². The molecule has 0 bridgehead atoms. The van der Waals surface area contributed by atoms with Crippen LogP contribution in [0.1, 0.15) is 42.2 Å². The zero-order chi connectivity index (χ0) is 23.2. The number of aliphatic hydroxyl groups excluding tert-OH is 1. The molecule has 8 heteroatoms. The van der Waals surface area contributed by atoms with Crippen molar-refractivity contribution in [2.75, 3.05) is 29.9 Å². The summed E-state index contributed by atoms with van der Waals surface area (Å²) in [7, 11) is 0. The van der Waals surface area contributed by atoms with Gasteiger partial charge in [-0.3, -0.25) is 14.6 Å². The smallest absolute Gasteiger partial charge is 0.271 e. The van der Waals surface area contributed by atoms with E-state index in [1.807, 2.05) is 19.1 Å². The standard InChI is InChI=1S/C25H29N5O3/c1-2-20-15-26-16-23(28-20)19-13-22(25(33)27-14-19)29-24(32)18-3-5-21(6-4-18)30-10-7-17(8-11-30)9-12-31/h3-6,13-17,31H,2,7-12H2,1H3,(H,27,33)(H,29,32). The van der Waals surface area contributed by atoms with Crippen LogP contribution < -0.4 is 15.8 Å². The molecule has 0 radical (unpaired) electrons. The molecule has 1 saturated heterocycles. The summed E-state index contributed by atoms with van der Waals surface area (Å²) in [5, 5.41) is 11.8. The van der Waals surface area contributed by atoms with Crippen molar-refractivity contribution in [1.29, 1.82) is 0 Å². The summed E-state index contributed by atoms with van der Waals surface area (Å²) in [6.07, 6.45) is 8.65. The fourth-order valence-corrected chi connectivity index (χ4v) is 4.12. The predicted molar refractivity (Wildman–Crippen MR) is 129 cm³/mol. The molecule has 0 aliphatic carbocycles. The van der Waals surface area contributed by atoms with Gasteiger partial charge >= 0.3 is 0 Å². The molecule has 3 aromatic rings. The molecule has 8 nitrogen and oxygen atoms in total. The van der Waals surface area contributed by atoms with Crippen LogP contribution in [-0.2, 0) is 6.42 Å². The molecule has 1 aliphatic rings. The van der Waals surface area contributed by atoms with Gasteiger partial charge in [0, 0.05) is 48.9 Å². The molecule has 2 aromatic heterocycles. The highest BCUT2D eigenvalue weighted by molar-refractivity contribution is 6.04. The van der Waals surface area contributed by atoms with E-state index in [0.717, 1.165) is 50.2 Å². The van der Waals surface area contributed by atoms with Crippen molar-refractivity contribution in [2.45, 2.75) is 32.6 Å². The lowest BCUT2D eigenvalue weighted by Gasteiger charge is -2.33. The summed E-state index contributed by atoms with van der Waals surface area (Å²) in [6.45, 7) is 4.14.